The SMILES string of the molecule is Brc1cccc2c1OCC1(CCC1)CN2. The third-order valence-corrected chi connectivity index (χ3v) is 4.18. The largest absolute Gasteiger partial charge is 0.490 e. The van der Waals surface area contributed by atoms with E-state index in [2.05, 4.69) is 27.3 Å². The van der Waals surface area contributed by atoms with Crippen LogP contribution in [0.4, 0.5) is 5.69 Å². The Hall–Kier alpha value is -0.700. The minimum Gasteiger partial charge on any atom is -0.490 e. The van der Waals surface area contributed by atoms with Gasteiger partial charge in [0.2, 0.25) is 0 Å². The molecule has 0 unspecified atom stereocenters. The fraction of sp³-hybridized carbons (Fsp3) is 0.500. The van der Waals surface area contributed by atoms with Crippen LogP contribution in [-0.4, -0.2) is 13.2 Å². The molecule has 3 rings (SSSR count). The first-order valence-electron chi connectivity index (χ1n) is 5.44. The predicted octanol–water partition coefficient (Wildman–Crippen LogP) is 3.42. The second-order valence-corrected chi connectivity index (χ2v) is 5.47. The summed E-state index contributed by atoms with van der Waals surface area (Å²) < 4.78 is 6.97. The van der Waals surface area contributed by atoms with Crippen LogP contribution in [0.25, 0.3) is 0 Å². The Morgan fingerprint density at radius 3 is 2.93 bits per heavy atom. The van der Waals surface area contributed by atoms with Crippen molar-refractivity contribution < 1.29 is 4.74 Å². The molecule has 1 spiro atoms. The van der Waals surface area contributed by atoms with E-state index in [1.165, 1.54) is 19.3 Å². The van der Waals surface area contributed by atoms with E-state index in [1.54, 1.807) is 0 Å². The summed E-state index contributed by atoms with van der Waals surface area (Å²) in [6, 6.07) is 6.15. The number of hydrogen-bond donors (Lipinski definition) is 1. The highest BCUT2D eigenvalue weighted by molar-refractivity contribution is 9.10. The molecule has 1 aliphatic heterocycles. The number of halogens is 1. The molecular formula is C12H14BrNO. The summed E-state index contributed by atoms with van der Waals surface area (Å²) in [4.78, 5) is 0. The Balaban J connectivity index is 1.91. The molecule has 1 saturated carbocycles. The van der Waals surface area contributed by atoms with E-state index in [-0.39, 0.29) is 0 Å². The minimum atomic E-state index is 0.401. The topological polar surface area (TPSA) is 21.3 Å². The number of rotatable bonds is 0. The van der Waals surface area contributed by atoms with E-state index >= 15 is 0 Å². The summed E-state index contributed by atoms with van der Waals surface area (Å²) in [5.41, 5.74) is 1.52. The van der Waals surface area contributed by atoms with E-state index in [0.717, 1.165) is 29.1 Å². The lowest BCUT2D eigenvalue weighted by Crippen LogP contribution is -2.40. The van der Waals surface area contributed by atoms with Crippen LogP contribution in [0, 0.1) is 5.41 Å². The first-order chi connectivity index (χ1) is 7.29. The molecule has 0 radical (unpaired) electrons. The fourth-order valence-corrected chi connectivity index (χ4v) is 2.83. The van der Waals surface area contributed by atoms with Gasteiger partial charge in [-0.05, 0) is 40.9 Å². The zero-order valence-corrected chi connectivity index (χ0v) is 10.1. The van der Waals surface area contributed by atoms with Gasteiger partial charge in [-0.3, -0.25) is 0 Å². The summed E-state index contributed by atoms with van der Waals surface area (Å²) in [5.74, 6) is 0.973. The lowest BCUT2D eigenvalue weighted by Gasteiger charge is -2.40. The van der Waals surface area contributed by atoms with Crippen LogP contribution in [-0.2, 0) is 0 Å². The van der Waals surface area contributed by atoms with Crippen molar-refractivity contribution in [3.05, 3.63) is 22.7 Å². The van der Waals surface area contributed by atoms with Crippen molar-refractivity contribution in [2.24, 2.45) is 5.41 Å². The summed E-state index contributed by atoms with van der Waals surface area (Å²) in [5, 5.41) is 3.50. The lowest BCUT2D eigenvalue weighted by atomic mass is 9.69. The van der Waals surface area contributed by atoms with Crippen LogP contribution in [0.15, 0.2) is 22.7 Å². The highest BCUT2D eigenvalue weighted by atomic mass is 79.9. The van der Waals surface area contributed by atoms with Crippen molar-refractivity contribution in [1.82, 2.24) is 0 Å². The molecule has 80 valence electrons. The average Bonchev–Trinajstić information content (AvgIpc) is 2.37. The quantitative estimate of drug-likeness (QED) is 0.778. The van der Waals surface area contributed by atoms with Crippen molar-refractivity contribution in [3.8, 4) is 5.75 Å². The molecule has 0 bridgehead atoms. The molecule has 0 saturated heterocycles. The van der Waals surface area contributed by atoms with Crippen molar-refractivity contribution in [2.75, 3.05) is 18.5 Å². The van der Waals surface area contributed by atoms with Crippen molar-refractivity contribution in [1.29, 1.82) is 0 Å². The van der Waals surface area contributed by atoms with Gasteiger partial charge in [0.05, 0.1) is 16.8 Å². The molecule has 1 aromatic carbocycles. The Bertz CT molecular complexity index is 387. The molecule has 1 N–H and O–H groups in total. The van der Waals surface area contributed by atoms with Crippen LogP contribution < -0.4 is 10.1 Å². The second-order valence-electron chi connectivity index (χ2n) is 4.61. The molecule has 1 heterocycles. The number of para-hydroxylation sites is 1. The summed E-state index contributed by atoms with van der Waals surface area (Å²) in [7, 11) is 0. The second kappa shape index (κ2) is 3.41. The van der Waals surface area contributed by atoms with Crippen LogP contribution >= 0.6 is 15.9 Å². The van der Waals surface area contributed by atoms with Gasteiger partial charge >= 0.3 is 0 Å². The van der Waals surface area contributed by atoms with Gasteiger partial charge in [-0.2, -0.15) is 0 Å². The Labute approximate surface area is 98.1 Å². The smallest absolute Gasteiger partial charge is 0.156 e. The third kappa shape index (κ3) is 1.53. The zero-order chi connectivity index (χ0) is 10.3. The molecule has 3 heteroatoms. The van der Waals surface area contributed by atoms with E-state index in [1.807, 2.05) is 12.1 Å². The first-order valence-corrected chi connectivity index (χ1v) is 6.24. The first kappa shape index (κ1) is 9.52. The maximum Gasteiger partial charge on any atom is 0.156 e. The molecule has 1 aromatic rings. The van der Waals surface area contributed by atoms with Gasteiger partial charge in [-0.1, -0.05) is 12.5 Å². The van der Waals surface area contributed by atoms with E-state index in [4.69, 9.17) is 4.74 Å². The van der Waals surface area contributed by atoms with Crippen molar-refractivity contribution in [3.63, 3.8) is 0 Å². The molecule has 15 heavy (non-hydrogen) atoms. The van der Waals surface area contributed by atoms with Crippen LogP contribution in [0.5, 0.6) is 5.75 Å². The Kier molecular flexibility index (Phi) is 2.16. The highest BCUT2D eigenvalue weighted by Crippen LogP contribution is 2.45. The van der Waals surface area contributed by atoms with E-state index < -0.39 is 0 Å². The maximum atomic E-state index is 5.93. The highest BCUT2D eigenvalue weighted by Gasteiger charge is 2.39. The summed E-state index contributed by atoms with van der Waals surface area (Å²) in [6.45, 7) is 1.91. The van der Waals surface area contributed by atoms with Gasteiger partial charge in [0.1, 0.15) is 0 Å². The van der Waals surface area contributed by atoms with Gasteiger partial charge in [0, 0.05) is 12.0 Å². The minimum absolute atomic E-state index is 0.401. The molecule has 1 aliphatic carbocycles. The molecule has 0 atom stereocenters. The van der Waals surface area contributed by atoms with Gasteiger partial charge in [-0.25, -0.2) is 0 Å². The standard InChI is InChI=1S/C12H14BrNO/c13-9-3-1-4-10-11(9)15-8-12(7-14-10)5-2-6-12/h1,3-4,14H,2,5-8H2. The third-order valence-electron chi connectivity index (χ3n) is 3.56. The van der Waals surface area contributed by atoms with Crippen molar-refractivity contribution >= 4 is 21.6 Å². The average molecular weight is 268 g/mol. The number of benzene rings is 1. The van der Waals surface area contributed by atoms with Gasteiger partial charge in [0.25, 0.3) is 0 Å². The van der Waals surface area contributed by atoms with Crippen LogP contribution in [0.3, 0.4) is 0 Å². The predicted molar refractivity (Wildman–Crippen MR) is 64.4 cm³/mol. The Morgan fingerprint density at radius 1 is 1.33 bits per heavy atom. The van der Waals surface area contributed by atoms with Gasteiger partial charge < -0.3 is 10.1 Å². The lowest BCUT2D eigenvalue weighted by molar-refractivity contribution is 0.0762. The number of anilines is 1. The number of fused-ring (bicyclic) bond motifs is 1. The van der Waals surface area contributed by atoms with Crippen molar-refractivity contribution in [2.45, 2.75) is 19.3 Å². The van der Waals surface area contributed by atoms with Crippen LogP contribution in [0.1, 0.15) is 19.3 Å². The molecule has 1 fully saturated rings. The molecular weight excluding hydrogens is 254 g/mol. The molecule has 2 aliphatic rings. The van der Waals surface area contributed by atoms with Gasteiger partial charge in [0.15, 0.2) is 5.75 Å². The van der Waals surface area contributed by atoms with E-state index in [9.17, 15) is 0 Å². The normalized spacial score (nSPS) is 21.9. The number of ether oxygens (including phenoxy) is 1. The van der Waals surface area contributed by atoms with E-state index in [0.29, 0.717) is 5.41 Å². The zero-order valence-electron chi connectivity index (χ0n) is 8.55. The fourth-order valence-electron chi connectivity index (χ4n) is 2.35. The molecule has 0 amide bonds. The summed E-state index contributed by atoms with van der Waals surface area (Å²) in [6.07, 6.45) is 3.94. The Morgan fingerprint density at radius 2 is 2.20 bits per heavy atom. The number of hydrogen-bond acceptors (Lipinski definition) is 2. The number of nitrogens with one attached hydrogen (secondary N) is 1. The summed E-state index contributed by atoms with van der Waals surface area (Å²) >= 11 is 3.53. The van der Waals surface area contributed by atoms with Gasteiger partial charge in [-0.15, -0.1) is 0 Å². The molecule has 0 aromatic heterocycles. The molecule has 2 nitrogen and oxygen atoms in total. The maximum absolute atomic E-state index is 5.93. The van der Waals surface area contributed by atoms with Crippen LogP contribution in [0.2, 0.25) is 0 Å². The monoisotopic (exact) mass is 267 g/mol.